The Morgan fingerprint density at radius 2 is 1.35 bits per heavy atom. The molecular formula is C21H26O2. The number of benzene rings is 2. The second-order valence-corrected chi connectivity index (χ2v) is 7.78. The van der Waals surface area contributed by atoms with Gasteiger partial charge in [0.1, 0.15) is 6.79 Å². The molecule has 0 saturated heterocycles. The number of hydrogen-bond acceptors (Lipinski definition) is 2. The molecule has 0 bridgehead atoms. The third kappa shape index (κ3) is 3.08. The van der Waals surface area contributed by atoms with Gasteiger partial charge in [-0.05, 0) is 58.6 Å². The van der Waals surface area contributed by atoms with Crippen LogP contribution in [-0.2, 0) is 15.6 Å². The first-order chi connectivity index (χ1) is 10.7. The SMILES string of the molecule is C=O.CC(=O)c1ccc2cc3c(cc2c1)C(C)(C)CCC3(C)C. The Balaban J connectivity index is 0.000000924. The smallest absolute Gasteiger partial charge is 0.159 e. The monoisotopic (exact) mass is 310 g/mol. The van der Waals surface area contributed by atoms with E-state index in [0.29, 0.717) is 0 Å². The molecule has 0 amide bonds. The van der Waals surface area contributed by atoms with E-state index in [1.54, 1.807) is 6.92 Å². The number of Topliss-reactive ketones (excluding diaryl/α,β-unsaturated/α-hetero) is 1. The third-order valence-electron chi connectivity index (χ3n) is 5.22. The van der Waals surface area contributed by atoms with Crippen LogP contribution in [0.5, 0.6) is 0 Å². The number of fused-ring (bicyclic) bond motifs is 2. The van der Waals surface area contributed by atoms with Crippen LogP contribution in [-0.4, -0.2) is 12.6 Å². The summed E-state index contributed by atoms with van der Waals surface area (Å²) in [6.45, 7) is 13.0. The van der Waals surface area contributed by atoms with E-state index in [0.717, 1.165) is 5.56 Å². The first-order valence-corrected chi connectivity index (χ1v) is 8.09. The largest absolute Gasteiger partial charge is 0.307 e. The Morgan fingerprint density at radius 3 is 1.83 bits per heavy atom. The third-order valence-corrected chi connectivity index (χ3v) is 5.22. The molecule has 23 heavy (non-hydrogen) atoms. The van der Waals surface area contributed by atoms with Crippen molar-refractivity contribution < 1.29 is 9.59 Å². The van der Waals surface area contributed by atoms with Crippen molar-refractivity contribution in [2.45, 2.75) is 58.3 Å². The van der Waals surface area contributed by atoms with E-state index in [4.69, 9.17) is 4.79 Å². The zero-order valence-corrected chi connectivity index (χ0v) is 14.8. The van der Waals surface area contributed by atoms with Gasteiger partial charge >= 0.3 is 0 Å². The summed E-state index contributed by atoms with van der Waals surface area (Å²) in [4.78, 5) is 19.6. The molecule has 1 aliphatic rings. The molecule has 0 N–H and O–H groups in total. The maximum absolute atomic E-state index is 11.6. The maximum Gasteiger partial charge on any atom is 0.159 e. The molecule has 0 saturated carbocycles. The Labute approximate surface area is 138 Å². The highest BCUT2D eigenvalue weighted by molar-refractivity contribution is 5.98. The minimum atomic E-state index is 0.134. The number of carbonyl (C=O) groups is 2. The normalized spacial score (nSPS) is 17.8. The zero-order valence-electron chi connectivity index (χ0n) is 14.8. The van der Waals surface area contributed by atoms with Gasteiger partial charge in [-0.3, -0.25) is 4.79 Å². The van der Waals surface area contributed by atoms with Crippen LogP contribution in [0.1, 0.15) is 68.9 Å². The predicted octanol–water partition coefficient (Wildman–Crippen LogP) is 5.21. The molecule has 1 aliphatic carbocycles. The topological polar surface area (TPSA) is 34.1 Å². The van der Waals surface area contributed by atoms with Crippen molar-refractivity contribution in [1.82, 2.24) is 0 Å². The number of carbonyl (C=O) groups excluding carboxylic acids is 2. The van der Waals surface area contributed by atoms with Crippen molar-refractivity contribution in [3.63, 3.8) is 0 Å². The number of hydrogen-bond donors (Lipinski definition) is 0. The molecule has 0 aromatic heterocycles. The van der Waals surface area contributed by atoms with Crippen molar-refractivity contribution >= 4 is 23.3 Å². The van der Waals surface area contributed by atoms with Crippen molar-refractivity contribution in [3.8, 4) is 0 Å². The van der Waals surface area contributed by atoms with Crippen LogP contribution in [0.15, 0.2) is 30.3 Å². The second-order valence-electron chi connectivity index (χ2n) is 7.78. The van der Waals surface area contributed by atoms with Gasteiger partial charge in [0.05, 0.1) is 0 Å². The molecule has 0 heterocycles. The average Bonchev–Trinajstić information content (AvgIpc) is 2.52. The molecule has 2 aromatic carbocycles. The number of ketones is 1. The van der Waals surface area contributed by atoms with Crippen LogP contribution >= 0.6 is 0 Å². The van der Waals surface area contributed by atoms with Crippen LogP contribution in [0.2, 0.25) is 0 Å². The Hall–Kier alpha value is -1.96. The molecule has 0 radical (unpaired) electrons. The Bertz CT molecular complexity index is 754. The summed E-state index contributed by atoms with van der Waals surface area (Å²) >= 11 is 0. The molecule has 0 spiro atoms. The van der Waals surface area contributed by atoms with Gasteiger partial charge in [0.25, 0.3) is 0 Å². The predicted molar refractivity (Wildman–Crippen MR) is 96.4 cm³/mol. The fourth-order valence-corrected chi connectivity index (χ4v) is 3.53. The second kappa shape index (κ2) is 5.92. The van der Waals surface area contributed by atoms with Crippen LogP contribution in [0.4, 0.5) is 0 Å². The van der Waals surface area contributed by atoms with Crippen molar-refractivity contribution in [2.75, 3.05) is 0 Å². The molecule has 2 heteroatoms. The molecule has 3 rings (SSSR count). The van der Waals surface area contributed by atoms with E-state index in [-0.39, 0.29) is 16.6 Å². The highest BCUT2D eigenvalue weighted by atomic mass is 16.1. The van der Waals surface area contributed by atoms with Crippen LogP contribution in [0.3, 0.4) is 0 Å². The lowest BCUT2D eigenvalue weighted by Crippen LogP contribution is -2.33. The first kappa shape index (κ1) is 17.4. The Morgan fingerprint density at radius 1 is 0.870 bits per heavy atom. The van der Waals surface area contributed by atoms with E-state index in [1.165, 1.54) is 34.7 Å². The quantitative estimate of drug-likeness (QED) is 0.678. The number of rotatable bonds is 1. The Kier molecular flexibility index (Phi) is 4.48. The van der Waals surface area contributed by atoms with Gasteiger partial charge in [0.2, 0.25) is 0 Å². The maximum atomic E-state index is 11.6. The molecule has 122 valence electrons. The van der Waals surface area contributed by atoms with Gasteiger partial charge in [-0.1, -0.05) is 52.0 Å². The zero-order chi connectivity index (χ0) is 17.4. The van der Waals surface area contributed by atoms with Gasteiger partial charge in [0, 0.05) is 5.56 Å². The van der Waals surface area contributed by atoms with Crippen molar-refractivity contribution in [1.29, 1.82) is 0 Å². The van der Waals surface area contributed by atoms with Crippen LogP contribution < -0.4 is 0 Å². The fraction of sp³-hybridized carbons (Fsp3) is 0.429. The summed E-state index contributed by atoms with van der Waals surface area (Å²) in [5, 5.41) is 2.43. The van der Waals surface area contributed by atoms with Gasteiger partial charge in [-0.15, -0.1) is 0 Å². The van der Waals surface area contributed by atoms with E-state index in [2.05, 4.69) is 45.9 Å². The lowest BCUT2D eigenvalue weighted by Gasteiger charge is -2.42. The van der Waals surface area contributed by atoms with Crippen LogP contribution in [0.25, 0.3) is 10.8 Å². The average molecular weight is 310 g/mol. The molecule has 0 aliphatic heterocycles. The lowest BCUT2D eigenvalue weighted by molar-refractivity contribution is -0.0980. The highest BCUT2D eigenvalue weighted by Gasteiger charge is 2.37. The summed E-state index contributed by atoms with van der Waals surface area (Å²) in [6, 6.07) is 10.7. The summed E-state index contributed by atoms with van der Waals surface area (Å²) in [6.07, 6.45) is 2.44. The summed E-state index contributed by atoms with van der Waals surface area (Å²) in [5.74, 6) is 0.134. The van der Waals surface area contributed by atoms with Gasteiger partial charge in [-0.25, -0.2) is 0 Å². The van der Waals surface area contributed by atoms with Crippen molar-refractivity contribution in [3.05, 3.63) is 47.0 Å². The van der Waals surface area contributed by atoms with Gasteiger partial charge in [0.15, 0.2) is 5.78 Å². The van der Waals surface area contributed by atoms with Gasteiger partial charge in [-0.2, -0.15) is 0 Å². The molecule has 0 fully saturated rings. The summed E-state index contributed by atoms with van der Waals surface area (Å²) in [7, 11) is 0. The molecule has 0 atom stereocenters. The van der Waals surface area contributed by atoms with Crippen molar-refractivity contribution in [2.24, 2.45) is 0 Å². The highest BCUT2D eigenvalue weighted by Crippen LogP contribution is 2.46. The standard InChI is InChI=1S/C20H24O.CH2O/c1-13(21)14-6-7-15-11-17-18(12-16(15)10-14)20(4,5)9-8-19(17,2)3;1-2/h6-7,10-12H,8-9H2,1-5H3;1H2. The lowest BCUT2D eigenvalue weighted by atomic mass is 9.63. The molecule has 0 unspecified atom stereocenters. The minimum absolute atomic E-state index is 0.134. The molecular weight excluding hydrogens is 284 g/mol. The van der Waals surface area contributed by atoms with Gasteiger partial charge < -0.3 is 4.79 Å². The van der Waals surface area contributed by atoms with E-state index in [9.17, 15) is 4.79 Å². The summed E-state index contributed by atoms with van der Waals surface area (Å²) in [5.41, 5.74) is 4.17. The minimum Gasteiger partial charge on any atom is -0.307 e. The molecule has 2 nitrogen and oxygen atoms in total. The first-order valence-electron chi connectivity index (χ1n) is 8.09. The molecule has 2 aromatic rings. The summed E-state index contributed by atoms with van der Waals surface area (Å²) < 4.78 is 0. The van der Waals surface area contributed by atoms with E-state index >= 15 is 0 Å². The van der Waals surface area contributed by atoms with E-state index < -0.39 is 0 Å². The van der Waals surface area contributed by atoms with E-state index in [1.807, 2.05) is 18.9 Å². The fourth-order valence-electron chi connectivity index (χ4n) is 3.53. The van der Waals surface area contributed by atoms with Crippen LogP contribution in [0, 0.1) is 0 Å².